The Kier molecular flexibility index (Phi) is 4.30. The quantitative estimate of drug-likeness (QED) is 0.622. The van der Waals surface area contributed by atoms with E-state index in [-0.39, 0.29) is 24.4 Å². The van der Waals surface area contributed by atoms with Crippen molar-refractivity contribution in [3.8, 4) is 0 Å². The highest BCUT2D eigenvalue weighted by atomic mass is 19.1. The predicted octanol–water partition coefficient (Wildman–Crippen LogP) is 2.44. The van der Waals surface area contributed by atoms with Crippen molar-refractivity contribution in [3.63, 3.8) is 0 Å². The molecule has 1 saturated heterocycles. The fourth-order valence-corrected chi connectivity index (χ4v) is 2.20. The molecule has 118 valence electrons. The number of benzene rings is 1. The molecule has 0 bridgehead atoms. The van der Waals surface area contributed by atoms with Crippen molar-refractivity contribution in [2.45, 2.75) is 26.4 Å². The SMILES string of the molecule is CC(C)(C)OC(=O)N1CC(=O)[C@@H](C(=O)c2ccc(F)cc2)C1. The number of ether oxygens (including phenoxy) is 1. The summed E-state index contributed by atoms with van der Waals surface area (Å²) in [4.78, 5) is 37.5. The van der Waals surface area contributed by atoms with Crippen LogP contribution >= 0.6 is 0 Å². The Morgan fingerprint density at radius 2 is 1.82 bits per heavy atom. The maximum atomic E-state index is 12.9. The van der Waals surface area contributed by atoms with Gasteiger partial charge in [0.15, 0.2) is 11.6 Å². The van der Waals surface area contributed by atoms with Crippen LogP contribution < -0.4 is 0 Å². The summed E-state index contributed by atoms with van der Waals surface area (Å²) in [5.74, 6) is -2.11. The molecule has 1 aromatic rings. The molecule has 1 amide bonds. The Morgan fingerprint density at radius 3 is 2.36 bits per heavy atom. The van der Waals surface area contributed by atoms with Gasteiger partial charge in [-0.3, -0.25) is 14.5 Å². The molecule has 1 heterocycles. The zero-order valence-electron chi connectivity index (χ0n) is 12.8. The van der Waals surface area contributed by atoms with Gasteiger partial charge in [-0.05, 0) is 45.0 Å². The molecular formula is C16H18FNO4. The standard InChI is InChI=1S/C16H18FNO4/c1-16(2,3)22-15(21)18-8-12(13(19)9-18)14(20)10-4-6-11(17)7-5-10/h4-7,12H,8-9H2,1-3H3/t12-/m0/s1. The highest BCUT2D eigenvalue weighted by Gasteiger charge is 2.40. The number of hydrogen-bond donors (Lipinski definition) is 0. The van der Waals surface area contributed by atoms with Crippen LogP contribution in [0.25, 0.3) is 0 Å². The van der Waals surface area contributed by atoms with E-state index >= 15 is 0 Å². The van der Waals surface area contributed by atoms with Crippen LogP contribution in [0.2, 0.25) is 0 Å². The molecule has 0 saturated carbocycles. The molecule has 22 heavy (non-hydrogen) atoms. The predicted molar refractivity (Wildman–Crippen MR) is 77.0 cm³/mol. The van der Waals surface area contributed by atoms with Crippen molar-refractivity contribution < 1.29 is 23.5 Å². The van der Waals surface area contributed by atoms with E-state index in [1.54, 1.807) is 20.8 Å². The monoisotopic (exact) mass is 307 g/mol. The summed E-state index contributed by atoms with van der Waals surface area (Å²) in [6.45, 7) is 5.02. The zero-order valence-corrected chi connectivity index (χ0v) is 12.8. The van der Waals surface area contributed by atoms with Gasteiger partial charge in [0.2, 0.25) is 0 Å². The minimum atomic E-state index is -0.919. The fraction of sp³-hybridized carbons (Fsp3) is 0.438. The first-order valence-electron chi connectivity index (χ1n) is 6.98. The number of rotatable bonds is 2. The van der Waals surface area contributed by atoms with E-state index < -0.39 is 29.2 Å². The molecule has 1 fully saturated rings. The number of likely N-dealkylation sites (tertiary alicyclic amines) is 1. The minimum absolute atomic E-state index is 0.00996. The van der Waals surface area contributed by atoms with Crippen molar-refractivity contribution in [2.75, 3.05) is 13.1 Å². The Bertz CT molecular complexity index is 604. The van der Waals surface area contributed by atoms with Crippen LogP contribution in [0, 0.1) is 11.7 Å². The Balaban J connectivity index is 2.08. The average molecular weight is 307 g/mol. The topological polar surface area (TPSA) is 63.7 Å². The Hall–Kier alpha value is -2.24. The molecule has 1 aromatic carbocycles. The second-order valence-electron chi connectivity index (χ2n) is 6.25. The minimum Gasteiger partial charge on any atom is -0.444 e. The van der Waals surface area contributed by atoms with Crippen molar-refractivity contribution in [3.05, 3.63) is 35.6 Å². The summed E-state index contributed by atoms with van der Waals surface area (Å²) < 4.78 is 18.1. The highest BCUT2D eigenvalue weighted by Crippen LogP contribution is 2.21. The lowest BCUT2D eigenvalue weighted by Gasteiger charge is -2.23. The van der Waals surface area contributed by atoms with Gasteiger partial charge in [-0.1, -0.05) is 0 Å². The first-order chi connectivity index (χ1) is 10.2. The normalized spacial score (nSPS) is 18.5. The lowest BCUT2D eigenvalue weighted by atomic mass is 9.96. The van der Waals surface area contributed by atoms with Crippen LogP contribution in [-0.2, 0) is 9.53 Å². The van der Waals surface area contributed by atoms with E-state index in [1.165, 1.54) is 17.0 Å². The lowest BCUT2D eigenvalue weighted by molar-refractivity contribution is -0.118. The van der Waals surface area contributed by atoms with Gasteiger partial charge in [0, 0.05) is 12.1 Å². The number of nitrogens with zero attached hydrogens (tertiary/aromatic N) is 1. The van der Waals surface area contributed by atoms with Gasteiger partial charge in [0.25, 0.3) is 0 Å². The van der Waals surface area contributed by atoms with Gasteiger partial charge in [0.1, 0.15) is 17.3 Å². The van der Waals surface area contributed by atoms with E-state index in [2.05, 4.69) is 0 Å². The Labute approximate surface area is 128 Å². The van der Waals surface area contributed by atoms with Gasteiger partial charge in [0.05, 0.1) is 6.54 Å². The second-order valence-corrected chi connectivity index (χ2v) is 6.25. The number of hydrogen-bond acceptors (Lipinski definition) is 4. The number of amides is 1. The summed E-state index contributed by atoms with van der Waals surface area (Å²) in [6, 6.07) is 5.00. The Morgan fingerprint density at radius 1 is 1.23 bits per heavy atom. The summed E-state index contributed by atoms with van der Waals surface area (Å²) in [6.07, 6.45) is -0.616. The van der Waals surface area contributed by atoms with Crippen LogP contribution in [0.5, 0.6) is 0 Å². The molecule has 1 atom stereocenters. The fourth-order valence-electron chi connectivity index (χ4n) is 2.20. The number of ketones is 2. The first kappa shape index (κ1) is 16.1. The average Bonchev–Trinajstić information content (AvgIpc) is 2.79. The summed E-state index contributed by atoms with van der Waals surface area (Å²) >= 11 is 0. The number of halogens is 1. The second kappa shape index (κ2) is 5.87. The van der Waals surface area contributed by atoms with Crippen molar-refractivity contribution in [1.82, 2.24) is 4.90 Å². The molecule has 0 aliphatic carbocycles. The van der Waals surface area contributed by atoms with Crippen molar-refractivity contribution in [2.24, 2.45) is 5.92 Å². The molecule has 0 unspecified atom stereocenters. The highest BCUT2D eigenvalue weighted by molar-refractivity contribution is 6.13. The van der Waals surface area contributed by atoms with Crippen LogP contribution in [0.1, 0.15) is 31.1 Å². The third-order valence-electron chi connectivity index (χ3n) is 3.24. The van der Waals surface area contributed by atoms with Crippen molar-refractivity contribution >= 4 is 17.7 Å². The van der Waals surface area contributed by atoms with E-state index in [1.807, 2.05) is 0 Å². The van der Waals surface area contributed by atoms with Crippen LogP contribution in [0.15, 0.2) is 24.3 Å². The molecule has 1 aliphatic heterocycles. The van der Waals surface area contributed by atoms with E-state index in [4.69, 9.17) is 4.74 Å². The van der Waals surface area contributed by atoms with Crippen LogP contribution in [0.3, 0.4) is 0 Å². The number of carbonyl (C=O) groups is 3. The van der Waals surface area contributed by atoms with Gasteiger partial charge in [-0.15, -0.1) is 0 Å². The summed E-state index contributed by atoms with van der Waals surface area (Å²) in [5.41, 5.74) is -0.412. The molecule has 5 nitrogen and oxygen atoms in total. The van der Waals surface area contributed by atoms with E-state index in [0.717, 1.165) is 12.1 Å². The van der Waals surface area contributed by atoms with Gasteiger partial charge >= 0.3 is 6.09 Å². The smallest absolute Gasteiger partial charge is 0.410 e. The van der Waals surface area contributed by atoms with Gasteiger partial charge in [-0.2, -0.15) is 0 Å². The number of carbonyl (C=O) groups excluding carboxylic acids is 3. The molecule has 0 N–H and O–H groups in total. The molecular weight excluding hydrogens is 289 g/mol. The molecule has 6 heteroatoms. The lowest BCUT2D eigenvalue weighted by Crippen LogP contribution is -2.36. The van der Waals surface area contributed by atoms with E-state index in [9.17, 15) is 18.8 Å². The molecule has 0 radical (unpaired) electrons. The zero-order chi connectivity index (χ0) is 16.5. The first-order valence-corrected chi connectivity index (χ1v) is 6.98. The van der Waals surface area contributed by atoms with Gasteiger partial charge in [-0.25, -0.2) is 9.18 Å². The summed E-state index contributed by atoms with van der Waals surface area (Å²) in [7, 11) is 0. The number of Topliss-reactive ketones (excluding diaryl/α,β-unsaturated/α-hetero) is 2. The van der Waals surface area contributed by atoms with Crippen LogP contribution in [0.4, 0.5) is 9.18 Å². The molecule has 0 spiro atoms. The third kappa shape index (κ3) is 3.69. The maximum absolute atomic E-state index is 12.9. The molecule has 1 aliphatic rings. The van der Waals surface area contributed by atoms with Gasteiger partial charge < -0.3 is 4.74 Å². The summed E-state index contributed by atoms with van der Waals surface area (Å²) in [5, 5.41) is 0. The molecule has 0 aromatic heterocycles. The maximum Gasteiger partial charge on any atom is 0.410 e. The van der Waals surface area contributed by atoms with Crippen LogP contribution in [-0.4, -0.2) is 41.3 Å². The van der Waals surface area contributed by atoms with E-state index in [0.29, 0.717) is 0 Å². The third-order valence-corrected chi connectivity index (χ3v) is 3.24. The molecule has 2 rings (SSSR count). The van der Waals surface area contributed by atoms with Crippen molar-refractivity contribution in [1.29, 1.82) is 0 Å². The largest absolute Gasteiger partial charge is 0.444 e.